The van der Waals surface area contributed by atoms with Crippen LogP contribution in [0.25, 0.3) is 10.8 Å². The van der Waals surface area contributed by atoms with Crippen molar-refractivity contribution in [3.8, 4) is 17.2 Å². The number of para-hydroxylation sites is 1. The number of hydrazone groups is 1. The summed E-state index contributed by atoms with van der Waals surface area (Å²) < 4.78 is 16.8. The van der Waals surface area contributed by atoms with Gasteiger partial charge in [-0.05, 0) is 70.9 Å². The van der Waals surface area contributed by atoms with Gasteiger partial charge >= 0.3 is 5.97 Å². The van der Waals surface area contributed by atoms with Crippen LogP contribution in [-0.2, 0) is 6.61 Å². The van der Waals surface area contributed by atoms with Crippen LogP contribution in [0.1, 0.15) is 31.8 Å². The molecule has 5 rings (SSSR count). The first-order valence-corrected chi connectivity index (χ1v) is 13.1. The molecule has 204 valence electrons. The Hall–Kier alpha value is -5.14. The Morgan fingerprint density at radius 1 is 0.829 bits per heavy atom. The largest absolute Gasteiger partial charge is 0.497 e. The van der Waals surface area contributed by atoms with E-state index in [9.17, 15) is 9.59 Å². The van der Waals surface area contributed by atoms with E-state index in [0.29, 0.717) is 39.0 Å². The molecule has 0 aromatic heterocycles. The number of amides is 1. The number of ether oxygens (including phenoxy) is 3. The Balaban J connectivity index is 1.35. The summed E-state index contributed by atoms with van der Waals surface area (Å²) in [4.78, 5) is 25.9. The highest BCUT2D eigenvalue weighted by Gasteiger charge is 2.15. The number of esters is 1. The van der Waals surface area contributed by atoms with Gasteiger partial charge in [0.25, 0.3) is 5.91 Å². The number of benzene rings is 5. The molecular formula is C33H25ClN2O5. The fraction of sp³-hybridized carbons (Fsp3) is 0.0606. The predicted octanol–water partition coefficient (Wildman–Crippen LogP) is 7.06. The zero-order valence-corrected chi connectivity index (χ0v) is 22.8. The summed E-state index contributed by atoms with van der Waals surface area (Å²) in [5.41, 5.74) is 4.70. The van der Waals surface area contributed by atoms with Crippen LogP contribution in [-0.4, -0.2) is 25.2 Å². The van der Waals surface area contributed by atoms with E-state index in [1.807, 2.05) is 42.5 Å². The molecule has 1 N–H and O–H groups in total. The zero-order valence-electron chi connectivity index (χ0n) is 22.0. The summed E-state index contributed by atoms with van der Waals surface area (Å²) in [6.07, 6.45) is 1.47. The predicted molar refractivity (Wildman–Crippen MR) is 159 cm³/mol. The maximum Gasteiger partial charge on any atom is 0.343 e. The lowest BCUT2D eigenvalue weighted by atomic mass is 10.0. The van der Waals surface area contributed by atoms with Crippen molar-refractivity contribution >= 4 is 40.5 Å². The number of nitrogens with one attached hydrogen (secondary N) is 1. The Labute approximate surface area is 241 Å². The van der Waals surface area contributed by atoms with Crippen molar-refractivity contribution in [3.05, 3.63) is 136 Å². The minimum Gasteiger partial charge on any atom is -0.497 e. The number of nitrogens with zero attached hydrogens (tertiary/aromatic N) is 1. The number of rotatable bonds is 9. The minimum atomic E-state index is -0.534. The van der Waals surface area contributed by atoms with Crippen molar-refractivity contribution < 1.29 is 23.8 Å². The first-order valence-electron chi connectivity index (χ1n) is 12.7. The van der Waals surface area contributed by atoms with Gasteiger partial charge in [0, 0.05) is 10.6 Å². The second-order valence-corrected chi connectivity index (χ2v) is 9.36. The quantitative estimate of drug-likeness (QED) is 0.0896. The first-order chi connectivity index (χ1) is 20.0. The van der Waals surface area contributed by atoms with E-state index in [2.05, 4.69) is 10.5 Å². The average molecular weight is 565 g/mol. The zero-order chi connectivity index (χ0) is 28.6. The van der Waals surface area contributed by atoms with Crippen LogP contribution in [0.4, 0.5) is 0 Å². The van der Waals surface area contributed by atoms with Crippen LogP contribution < -0.4 is 19.6 Å². The van der Waals surface area contributed by atoms with Crippen LogP contribution in [0, 0.1) is 0 Å². The molecule has 5 aromatic carbocycles. The SMILES string of the molecule is COc1ccc(C(=O)Oc2ccc3ccccc3c2/C=N/NC(=O)c2ccccc2OCc2ccc(Cl)cc2)cc1. The van der Waals surface area contributed by atoms with E-state index in [-0.39, 0.29) is 6.61 Å². The number of carbonyl (C=O) groups excluding carboxylic acids is 2. The average Bonchev–Trinajstić information content (AvgIpc) is 3.01. The van der Waals surface area contributed by atoms with Crippen LogP contribution in [0.3, 0.4) is 0 Å². The normalized spacial score (nSPS) is 10.9. The molecule has 0 fully saturated rings. The summed E-state index contributed by atoms with van der Waals surface area (Å²) in [7, 11) is 1.56. The highest BCUT2D eigenvalue weighted by molar-refractivity contribution is 6.30. The third-order valence-electron chi connectivity index (χ3n) is 6.26. The lowest BCUT2D eigenvalue weighted by Crippen LogP contribution is -2.19. The van der Waals surface area contributed by atoms with Gasteiger partial charge < -0.3 is 14.2 Å². The van der Waals surface area contributed by atoms with Gasteiger partial charge in [0.2, 0.25) is 0 Å². The molecule has 0 radical (unpaired) electrons. The number of carbonyl (C=O) groups is 2. The molecule has 0 aliphatic carbocycles. The van der Waals surface area contributed by atoms with E-state index in [4.69, 9.17) is 25.8 Å². The van der Waals surface area contributed by atoms with Crippen molar-refractivity contribution in [1.82, 2.24) is 5.43 Å². The number of halogens is 1. The molecule has 0 aliphatic rings. The number of methoxy groups -OCH3 is 1. The maximum absolute atomic E-state index is 13.1. The van der Waals surface area contributed by atoms with Gasteiger partial charge in [0.1, 0.15) is 23.9 Å². The molecule has 8 heteroatoms. The molecule has 0 saturated heterocycles. The molecular weight excluding hydrogens is 540 g/mol. The van der Waals surface area contributed by atoms with Crippen LogP contribution in [0.15, 0.2) is 114 Å². The van der Waals surface area contributed by atoms with E-state index in [1.54, 1.807) is 73.8 Å². The van der Waals surface area contributed by atoms with Gasteiger partial charge in [-0.1, -0.05) is 66.2 Å². The molecule has 0 unspecified atom stereocenters. The van der Waals surface area contributed by atoms with E-state index in [0.717, 1.165) is 16.3 Å². The fourth-order valence-corrected chi connectivity index (χ4v) is 4.25. The van der Waals surface area contributed by atoms with Gasteiger partial charge in [-0.3, -0.25) is 4.79 Å². The fourth-order valence-electron chi connectivity index (χ4n) is 4.12. The smallest absolute Gasteiger partial charge is 0.343 e. The molecule has 41 heavy (non-hydrogen) atoms. The Kier molecular flexibility index (Phi) is 8.57. The summed E-state index contributed by atoms with van der Waals surface area (Å²) in [6, 6.07) is 32.0. The molecule has 1 amide bonds. The van der Waals surface area contributed by atoms with Crippen molar-refractivity contribution in [2.45, 2.75) is 6.61 Å². The molecule has 0 spiro atoms. The molecule has 0 atom stereocenters. The third-order valence-corrected chi connectivity index (χ3v) is 6.51. The van der Waals surface area contributed by atoms with E-state index >= 15 is 0 Å². The number of hydrogen-bond donors (Lipinski definition) is 1. The summed E-state index contributed by atoms with van der Waals surface area (Å²) in [5.74, 6) is 0.356. The standard InChI is InChI=1S/C33H25ClN2O5/c1-39-26-17-12-24(13-18-26)33(38)41-31-19-14-23-6-2-3-7-27(23)29(31)20-35-36-32(37)28-8-4-5-9-30(28)40-21-22-10-15-25(34)16-11-22/h2-20H,21H2,1H3,(H,36,37)/b35-20+. The molecule has 0 heterocycles. The van der Waals surface area contributed by atoms with Crippen LogP contribution in [0.5, 0.6) is 17.2 Å². The summed E-state index contributed by atoms with van der Waals surface area (Å²) in [6.45, 7) is 0.268. The minimum absolute atomic E-state index is 0.268. The van der Waals surface area contributed by atoms with E-state index < -0.39 is 11.9 Å². The monoisotopic (exact) mass is 564 g/mol. The lowest BCUT2D eigenvalue weighted by molar-refractivity contribution is 0.0734. The van der Waals surface area contributed by atoms with E-state index in [1.165, 1.54) is 6.21 Å². The summed E-state index contributed by atoms with van der Waals surface area (Å²) >= 11 is 5.96. The topological polar surface area (TPSA) is 86.2 Å². The van der Waals surface area contributed by atoms with Gasteiger partial charge in [-0.15, -0.1) is 0 Å². The second kappa shape index (κ2) is 12.8. The Morgan fingerprint density at radius 3 is 2.34 bits per heavy atom. The van der Waals surface area contributed by atoms with Gasteiger partial charge in [-0.2, -0.15) is 5.10 Å². The van der Waals surface area contributed by atoms with Gasteiger partial charge in [0.05, 0.1) is 24.5 Å². The third kappa shape index (κ3) is 6.72. The highest BCUT2D eigenvalue weighted by Crippen LogP contribution is 2.28. The Bertz CT molecular complexity index is 1720. The van der Waals surface area contributed by atoms with Gasteiger partial charge in [0.15, 0.2) is 0 Å². The Morgan fingerprint density at radius 2 is 1.56 bits per heavy atom. The maximum atomic E-state index is 13.1. The van der Waals surface area contributed by atoms with Gasteiger partial charge in [-0.25, -0.2) is 10.2 Å². The van der Waals surface area contributed by atoms with Crippen molar-refractivity contribution in [2.75, 3.05) is 7.11 Å². The molecule has 0 aliphatic heterocycles. The number of fused-ring (bicyclic) bond motifs is 1. The van der Waals surface area contributed by atoms with Crippen LogP contribution in [0.2, 0.25) is 5.02 Å². The molecule has 7 nitrogen and oxygen atoms in total. The van der Waals surface area contributed by atoms with Crippen molar-refractivity contribution in [2.24, 2.45) is 5.10 Å². The van der Waals surface area contributed by atoms with Crippen molar-refractivity contribution in [1.29, 1.82) is 0 Å². The van der Waals surface area contributed by atoms with Crippen molar-refractivity contribution in [3.63, 3.8) is 0 Å². The van der Waals surface area contributed by atoms with Crippen LogP contribution >= 0.6 is 11.6 Å². The molecule has 0 saturated carbocycles. The molecule has 0 bridgehead atoms. The second-order valence-electron chi connectivity index (χ2n) is 8.93. The molecule has 5 aromatic rings. The number of hydrogen-bond acceptors (Lipinski definition) is 6. The summed E-state index contributed by atoms with van der Waals surface area (Å²) in [5, 5.41) is 6.56. The first kappa shape index (κ1) is 27.4. The lowest BCUT2D eigenvalue weighted by Gasteiger charge is -2.12. The highest BCUT2D eigenvalue weighted by atomic mass is 35.5.